The van der Waals surface area contributed by atoms with Gasteiger partial charge in [0.15, 0.2) is 5.12 Å². The maximum Gasteiger partial charge on any atom is 0.200 e. The van der Waals surface area contributed by atoms with Crippen LogP contribution in [0.2, 0.25) is 0 Å². The lowest BCUT2D eigenvalue weighted by molar-refractivity contribution is -0.116. The first-order valence-corrected chi connectivity index (χ1v) is 7.30. The zero-order valence-electron chi connectivity index (χ0n) is 8.91. The molecule has 0 aliphatic heterocycles. The summed E-state index contributed by atoms with van der Waals surface area (Å²) < 4.78 is 1.03. The van der Waals surface area contributed by atoms with Crippen molar-refractivity contribution in [3.63, 3.8) is 0 Å². The summed E-state index contributed by atoms with van der Waals surface area (Å²) >= 11 is 4.91. The van der Waals surface area contributed by atoms with Gasteiger partial charge in [0.1, 0.15) is 0 Å². The van der Waals surface area contributed by atoms with E-state index in [0.717, 1.165) is 22.2 Å². The predicted octanol–water partition coefficient (Wildman–Crippen LogP) is 4.26. The number of hydrogen-bond donors (Lipinski definition) is 0. The Kier molecular flexibility index (Phi) is 2.63. The fourth-order valence-corrected chi connectivity index (χ4v) is 3.89. The number of thioether (sulfide) groups is 1. The second-order valence-corrected chi connectivity index (χ2v) is 6.62. The highest BCUT2D eigenvalue weighted by Gasteiger charge is 2.59. The minimum atomic E-state index is 0.0694. The number of benzene rings is 1. The molecule has 0 heterocycles. The molecule has 2 aliphatic carbocycles. The normalized spacial score (nSPS) is 21.8. The standard InChI is InChI=1S/C13H13BrOS/c14-10-3-1-2-4-11(10)16-12(15)13(7-8-13)9-5-6-9/h1-4,9H,5-8H2. The molecule has 0 N–H and O–H groups in total. The van der Waals surface area contributed by atoms with Crippen molar-refractivity contribution in [2.24, 2.45) is 11.3 Å². The van der Waals surface area contributed by atoms with Gasteiger partial charge >= 0.3 is 0 Å². The molecule has 0 saturated heterocycles. The molecular formula is C13H13BrOS. The third kappa shape index (κ3) is 1.84. The molecule has 0 amide bonds. The Labute approximate surface area is 108 Å². The zero-order chi connectivity index (χ0) is 11.2. The lowest BCUT2D eigenvalue weighted by atomic mass is 10.0. The molecule has 3 heteroatoms. The van der Waals surface area contributed by atoms with Crippen molar-refractivity contribution in [3.8, 4) is 0 Å². The topological polar surface area (TPSA) is 17.1 Å². The van der Waals surface area contributed by atoms with Crippen LogP contribution in [-0.4, -0.2) is 5.12 Å². The Morgan fingerprint density at radius 2 is 2.00 bits per heavy atom. The molecule has 2 aliphatic rings. The second kappa shape index (κ2) is 3.88. The Morgan fingerprint density at radius 3 is 2.56 bits per heavy atom. The van der Waals surface area contributed by atoms with Gasteiger partial charge in [-0.3, -0.25) is 4.79 Å². The van der Waals surface area contributed by atoms with Crippen molar-refractivity contribution >= 4 is 32.8 Å². The number of carbonyl (C=O) groups excluding carboxylic acids is 1. The molecule has 0 radical (unpaired) electrons. The van der Waals surface area contributed by atoms with Crippen LogP contribution in [-0.2, 0) is 4.79 Å². The lowest BCUT2D eigenvalue weighted by Crippen LogP contribution is -2.14. The van der Waals surface area contributed by atoms with Crippen LogP contribution >= 0.6 is 27.7 Å². The maximum absolute atomic E-state index is 12.3. The molecule has 2 saturated carbocycles. The van der Waals surface area contributed by atoms with E-state index in [4.69, 9.17) is 0 Å². The first-order valence-electron chi connectivity index (χ1n) is 5.69. The summed E-state index contributed by atoms with van der Waals surface area (Å²) in [5.41, 5.74) is 0.0694. The van der Waals surface area contributed by atoms with E-state index in [0.29, 0.717) is 11.0 Å². The van der Waals surface area contributed by atoms with E-state index in [9.17, 15) is 4.79 Å². The Balaban J connectivity index is 1.75. The molecule has 1 nitrogen and oxygen atoms in total. The third-order valence-corrected chi connectivity index (χ3v) is 5.72. The maximum atomic E-state index is 12.3. The highest BCUT2D eigenvalue weighted by Crippen LogP contribution is 2.63. The average molecular weight is 297 g/mol. The van der Waals surface area contributed by atoms with Crippen molar-refractivity contribution in [2.45, 2.75) is 30.6 Å². The Hall–Kier alpha value is -0.280. The fraction of sp³-hybridized carbons (Fsp3) is 0.462. The molecule has 16 heavy (non-hydrogen) atoms. The van der Waals surface area contributed by atoms with Crippen LogP contribution in [0.3, 0.4) is 0 Å². The number of hydrogen-bond acceptors (Lipinski definition) is 2. The summed E-state index contributed by atoms with van der Waals surface area (Å²) in [5, 5.41) is 0.391. The lowest BCUT2D eigenvalue weighted by Gasteiger charge is -2.12. The van der Waals surface area contributed by atoms with Gasteiger partial charge in [0.2, 0.25) is 0 Å². The van der Waals surface area contributed by atoms with Crippen molar-refractivity contribution in [3.05, 3.63) is 28.7 Å². The van der Waals surface area contributed by atoms with E-state index in [1.54, 1.807) is 0 Å². The van der Waals surface area contributed by atoms with E-state index in [-0.39, 0.29) is 5.41 Å². The van der Waals surface area contributed by atoms with Gasteiger partial charge in [0.25, 0.3) is 0 Å². The summed E-state index contributed by atoms with van der Waals surface area (Å²) in [4.78, 5) is 13.3. The van der Waals surface area contributed by atoms with Crippen molar-refractivity contribution in [2.75, 3.05) is 0 Å². The van der Waals surface area contributed by atoms with E-state index >= 15 is 0 Å². The van der Waals surface area contributed by atoms with Gasteiger partial charge in [0.05, 0.1) is 0 Å². The first-order chi connectivity index (χ1) is 7.72. The SMILES string of the molecule is O=C(Sc1ccccc1Br)C1(C2CC2)CC1. The van der Waals surface area contributed by atoms with E-state index in [1.165, 1.54) is 24.6 Å². The Morgan fingerprint density at radius 1 is 1.31 bits per heavy atom. The van der Waals surface area contributed by atoms with E-state index in [1.807, 2.05) is 24.3 Å². The zero-order valence-corrected chi connectivity index (χ0v) is 11.3. The Bertz CT molecular complexity index is 435. The molecule has 3 rings (SSSR count). The van der Waals surface area contributed by atoms with Gasteiger partial charge in [-0.2, -0.15) is 0 Å². The van der Waals surface area contributed by atoms with Crippen LogP contribution < -0.4 is 0 Å². The van der Waals surface area contributed by atoms with Gasteiger partial charge in [-0.15, -0.1) is 0 Å². The van der Waals surface area contributed by atoms with E-state index < -0.39 is 0 Å². The molecule has 84 valence electrons. The quantitative estimate of drug-likeness (QED) is 0.775. The van der Waals surface area contributed by atoms with Gasteiger partial charge in [0, 0.05) is 14.8 Å². The molecular weight excluding hydrogens is 284 g/mol. The van der Waals surface area contributed by atoms with Crippen LogP contribution in [0.1, 0.15) is 25.7 Å². The van der Waals surface area contributed by atoms with E-state index in [2.05, 4.69) is 15.9 Å². The monoisotopic (exact) mass is 296 g/mol. The van der Waals surface area contributed by atoms with Gasteiger partial charge in [-0.25, -0.2) is 0 Å². The average Bonchev–Trinajstić information content (AvgIpc) is 3.14. The number of rotatable bonds is 3. The molecule has 1 aromatic rings. The van der Waals surface area contributed by atoms with Crippen LogP contribution in [0.5, 0.6) is 0 Å². The van der Waals surface area contributed by atoms with Crippen LogP contribution in [0.25, 0.3) is 0 Å². The highest BCUT2D eigenvalue weighted by atomic mass is 79.9. The fourth-order valence-electron chi connectivity index (χ4n) is 2.28. The minimum Gasteiger partial charge on any atom is -0.286 e. The second-order valence-electron chi connectivity index (χ2n) is 4.75. The predicted molar refractivity (Wildman–Crippen MR) is 69.4 cm³/mol. The molecule has 2 fully saturated rings. The largest absolute Gasteiger partial charge is 0.286 e. The summed E-state index contributed by atoms with van der Waals surface area (Å²) in [6.07, 6.45) is 4.77. The van der Waals surface area contributed by atoms with Crippen molar-refractivity contribution in [1.29, 1.82) is 0 Å². The molecule has 1 aromatic carbocycles. The number of carbonyl (C=O) groups is 1. The first kappa shape index (κ1) is 10.8. The van der Waals surface area contributed by atoms with Crippen LogP contribution in [0.4, 0.5) is 0 Å². The van der Waals surface area contributed by atoms with Gasteiger partial charge < -0.3 is 0 Å². The molecule has 0 atom stereocenters. The van der Waals surface area contributed by atoms with Crippen LogP contribution in [0, 0.1) is 11.3 Å². The molecule has 0 unspecified atom stereocenters. The molecule has 0 bridgehead atoms. The highest BCUT2D eigenvalue weighted by molar-refractivity contribution is 9.10. The number of halogens is 1. The van der Waals surface area contributed by atoms with Crippen molar-refractivity contribution in [1.82, 2.24) is 0 Å². The summed E-state index contributed by atoms with van der Waals surface area (Å²) in [6, 6.07) is 7.96. The smallest absolute Gasteiger partial charge is 0.200 e. The summed E-state index contributed by atoms with van der Waals surface area (Å²) in [5.74, 6) is 0.704. The van der Waals surface area contributed by atoms with Gasteiger partial charge in [-0.05, 0) is 59.7 Å². The van der Waals surface area contributed by atoms with Crippen molar-refractivity contribution < 1.29 is 4.79 Å². The summed E-state index contributed by atoms with van der Waals surface area (Å²) in [7, 11) is 0. The third-order valence-electron chi connectivity index (χ3n) is 3.59. The molecule has 0 aromatic heterocycles. The minimum absolute atomic E-state index is 0.0694. The van der Waals surface area contributed by atoms with Crippen LogP contribution in [0.15, 0.2) is 33.6 Å². The molecule has 0 spiro atoms. The van der Waals surface area contributed by atoms with Gasteiger partial charge in [-0.1, -0.05) is 23.9 Å². The summed E-state index contributed by atoms with van der Waals surface area (Å²) in [6.45, 7) is 0.